The van der Waals surface area contributed by atoms with Gasteiger partial charge in [-0.15, -0.1) is 0 Å². The average molecular weight is 360 g/mol. The number of nitrogens with zero attached hydrogens (tertiary/aromatic N) is 3. The summed E-state index contributed by atoms with van der Waals surface area (Å²) in [6, 6.07) is 11.2. The summed E-state index contributed by atoms with van der Waals surface area (Å²) >= 11 is 0. The van der Waals surface area contributed by atoms with Crippen molar-refractivity contribution in [3.8, 4) is 0 Å². The van der Waals surface area contributed by atoms with Gasteiger partial charge in [0.05, 0.1) is 5.39 Å². The molecular formula is C21H20N4O2. The number of carbonyl (C=O) groups is 1. The van der Waals surface area contributed by atoms with Gasteiger partial charge in [-0.25, -0.2) is 4.98 Å². The van der Waals surface area contributed by atoms with E-state index in [0.717, 1.165) is 22.4 Å². The van der Waals surface area contributed by atoms with Gasteiger partial charge in [0.15, 0.2) is 0 Å². The van der Waals surface area contributed by atoms with Crippen LogP contribution in [0.15, 0.2) is 47.4 Å². The molecule has 0 spiro atoms. The van der Waals surface area contributed by atoms with Crippen LogP contribution in [0.5, 0.6) is 0 Å². The van der Waals surface area contributed by atoms with Crippen LogP contribution in [0.1, 0.15) is 27.2 Å². The molecule has 0 saturated heterocycles. The first kappa shape index (κ1) is 17.0. The molecule has 3 heterocycles. The van der Waals surface area contributed by atoms with Crippen molar-refractivity contribution in [3.63, 3.8) is 0 Å². The van der Waals surface area contributed by atoms with E-state index >= 15 is 0 Å². The maximum absolute atomic E-state index is 12.9. The summed E-state index contributed by atoms with van der Waals surface area (Å²) in [4.78, 5) is 30.3. The average Bonchev–Trinajstić information content (AvgIpc) is 2.96. The van der Waals surface area contributed by atoms with E-state index in [0.29, 0.717) is 22.4 Å². The third-order valence-corrected chi connectivity index (χ3v) is 4.82. The van der Waals surface area contributed by atoms with E-state index in [1.54, 1.807) is 29.9 Å². The largest absolute Gasteiger partial charge is 0.324 e. The van der Waals surface area contributed by atoms with Crippen molar-refractivity contribution >= 4 is 28.3 Å². The molecule has 0 atom stereocenters. The van der Waals surface area contributed by atoms with E-state index in [-0.39, 0.29) is 11.5 Å². The van der Waals surface area contributed by atoms with Gasteiger partial charge in [-0.1, -0.05) is 18.2 Å². The zero-order valence-corrected chi connectivity index (χ0v) is 15.7. The molecule has 3 aromatic heterocycles. The Morgan fingerprint density at radius 1 is 1.04 bits per heavy atom. The van der Waals surface area contributed by atoms with Crippen molar-refractivity contribution < 1.29 is 4.79 Å². The van der Waals surface area contributed by atoms with Gasteiger partial charge in [0.1, 0.15) is 17.0 Å². The molecule has 0 radical (unpaired) electrons. The molecule has 0 aliphatic heterocycles. The number of hydrogen-bond acceptors (Lipinski definition) is 3. The van der Waals surface area contributed by atoms with E-state index < -0.39 is 0 Å². The summed E-state index contributed by atoms with van der Waals surface area (Å²) in [7, 11) is 1.75. The minimum Gasteiger partial charge on any atom is -0.324 e. The van der Waals surface area contributed by atoms with Crippen LogP contribution in [-0.4, -0.2) is 19.9 Å². The predicted octanol–water partition coefficient (Wildman–Crippen LogP) is 3.36. The quantitative estimate of drug-likeness (QED) is 0.596. The smallest absolute Gasteiger partial charge is 0.272 e. The van der Waals surface area contributed by atoms with E-state index in [1.807, 2.05) is 45.0 Å². The molecule has 0 fully saturated rings. The monoisotopic (exact) mass is 360 g/mol. The Morgan fingerprint density at radius 2 is 1.78 bits per heavy atom. The lowest BCUT2D eigenvalue weighted by Crippen LogP contribution is -2.16. The van der Waals surface area contributed by atoms with Crippen molar-refractivity contribution in [1.29, 1.82) is 0 Å². The van der Waals surface area contributed by atoms with E-state index in [1.165, 1.54) is 4.40 Å². The molecule has 0 saturated carbocycles. The van der Waals surface area contributed by atoms with Crippen molar-refractivity contribution in [2.24, 2.45) is 7.05 Å². The first-order chi connectivity index (χ1) is 12.8. The third-order valence-electron chi connectivity index (χ3n) is 4.82. The van der Waals surface area contributed by atoms with Gasteiger partial charge in [-0.3, -0.25) is 14.0 Å². The lowest BCUT2D eigenvalue weighted by atomic mass is 10.1. The minimum atomic E-state index is -0.270. The molecule has 136 valence electrons. The van der Waals surface area contributed by atoms with Crippen LogP contribution in [0.2, 0.25) is 0 Å². The number of pyridine rings is 1. The summed E-state index contributed by atoms with van der Waals surface area (Å²) in [5, 5.41) is 3.37. The van der Waals surface area contributed by atoms with Crippen LogP contribution in [0.3, 0.4) is 0 Å². The Balaban J connectivity index is 1.85. The van der Waals surface area contributed by atoms with Gasteiger partial charge in [0, 0.05) is 18.9 Å². The molecule has 1 amide bonds. The van der Waals surface area contributed by atoms with Crippen molar-refractivity contribution in [1.82, 2.24) is 14.0 Å². The van der Waals surface area contributed by atoms with Gasteiger partial charge in [-0.2, -0.15) is 0 Å². The molecule has 6 nitrogen and oxygen atoms in total. The fraction of sp³-hybridized carbons (Fsp3) is 0.190. The second-order valence-corrected chi connectivity index (χ2v) is 6.95. The number of anilines is 1. The molecule has 6 heteroatoms. The van der Waals surface area contributed by atoms with Gasteiger partial charge < -0.3 is 9.88 Å². The molecular weight excluding hydrogens is 340 g/mol. The Kier molecular flexibility index (Phi) is 3.84. The highest BCUT2D eigenvalue weighted by molar-refractivity contribution is 6.06. The molecule has 1 N–H and O–H groups in total. The number of rotatable bonds is 2. The number of aryl methyl sites for hydroxylation is 4. The SMILES string of the molecule is Cc1ccc(C)c(NC(=O)c2cc3c(=O)n4cc(C)ccc4nc3n2C)c1. The van der Waals surface area contributed by atoms with E-state index in [9.17, 15) is 9.59 Å². The molecule has 0 aliphatic carbocycles. The normalized spacial score (nSPS) is 11.3. The standard InChI is InChI=1S/C21H20N4O2/c1-12-5-7-14(3)16(9-12)22-20(26)17-10-15-19(24(17)4)23-18-8-6-13(2)11-25(18)21(15)27/h5-11H,1-4H3,(H,22,26). The molecule has 0 unspecified atom stereocenters. The molecule has 27 heavy (non-hydrogen) atoms. The number of carbonyl (C=O) groups excluding carboxylic acids is 1. The fourth-order valence-electron chi connectivity index (χ4n) is 3.25. The Morgan fingerprint density at radius 3 is 2.56 bits per heavy atom. The molecule has 1 aromatic carbocycles. The molecule has 4 rings (SSSR count). The van der Waals surface area contributed by atoms with E-state index in [2.05, 4.69) is 10.3 Å². The lowest BCUT2D eigenvalue weighted by Gasteiger charge is -2.10. The Labute approximate surface area is 156 Å². The number of amides is 1. The number of fused-ring (bicyclic) bond motifs is 2. The maximum Gasteiger partial charge on any atom is 0.272 e. The lowest BCUT2D eigenvalue weighted by molar-refractivity contribution is 0.101. The van der Waals surface area contributed by atoms with Crippen LogP contribution < -0.4 is 10.9 Å². The predicted molar refractivity (Wildman–Crippen MR) is 107 cm³/mol. The molecule has 4 aromatic rings. The van der Waals surface area contributed by atoms with Gasteiger partial charge >= 0.3 is 0 Å². The first-order valence-corrected chi connectivity index (χ1v) is 8.72. The fourth-order valence-corrected chi connectivity index (χ4v) is 3.25. The second kappa shape index (κ2) is 6.09. The first-order valence-electron chi connectivity index (χ1n) is 8.72. The zero-order valence-electron chi connectivity index (χ0n) is 15.7. The minimum absolute atomic E-state index is 0.180. The van der Waals surface area contributed by atoms with Gasteiger partial charge in [0.25, 0.3) is 11.5 Å². The Bertz CT molecular complexity index is 1280. The molecule has 0 bridgehead atoms. The van der Waals surface area contributed by atoms with Crippen LogP contribution in [-0.2, 0) is 7.05 Å². The number of nitrogens with one attached hydrogen (secondary N) is 1. The number of hydrogen-bond donors (Lipinski definition) is 1. The van der Waals surface area contributed by atoms with Gasteiger partial charge in [-0.05, 0) is 55.7 Å². The summed E-state index contributed by atoms with van der Waals surface area (Å²) < 4.78 is 3.18. The summed E-state index contributed by atoms with van der Waals surface area (Å²) in [6.07, 6.45) is 1.76. The third kappa shape index (κ3) is 2.79. The summed E-state index contributed by atoms with van der Waals surface area (Å²) in [6.45, 7) is 5.84. The molecule has 0 aliphatic rings. The summed E-state index contributed by atoms with van der Waals surface area (Å²) in [5.74, 6) is -0.270. The van der Waals surface area contributed by atoms with Crippen LogP contribution >= 0.6 is 0 Å². The highest BCUT2D eigenvalue weighted by Gasteiger charge is 2.18. The van der Waals surface area contributed by atoms with Crippen LogP contribution in [0, 0.1) is 20.8 Å². The van der Waals surface area contributed by atoms with Crippen molar-refractivity contribution in [3.05, 3.63) is 75.3 Å². The number of benzene rings is 1. The van der Waals surface area contributed by atoms with Crippen LogP contribution in [0.4, 0.5) is 5.69 Å². The maximum atomic E-state index is 12.9. The Hall–Kier alpha value is -3.41. The topological polar surface area (TPSA) is 68.4 Å². The highest BCUT2D eigenvalue weighted by atomic mass is 16.2. The van der Waals surface area contributed by atoms with Crippen molar-refractivity contribution in [2.45, 2.75) is 20.8 Å². The van der Waals surface area contributed by atoms with Crippen LogP contribution in [0.25, 0.3) is 16.7 Å². The van der Waals surface area contributed by atoms with E-state index in [4.69, 9.17) is 0 Å². The van der Waals surface area contributed by atoms with Gasteiger partial charge in [0.2, 0.25) is 0 Å². The highest BCUT2D eigenvalue weighted by Crippen LogP contribution is 2.20. The van der Waals surface area contributed by atoms with Crippen molar-refractivity contribution in [2.75, 3.05) is 5.32 Å². The summed E-state index contributed by atoms with van der Waals surface area (Å²) in [5.41, 5.74) is 5.03. The number of aromatic nitrogens is 3. The zero-order chi connectivity index (χ0) is 19.3. The second-order valence-electron chi connectivity index (χ2n) is 6.95.